The van der Waals surface area contributed by atoms with Crippen LogP contribution in [0.4, 0.5) is 8.78 Å². The standard InChI is InChI=1S/C16H16F2O4S/c1-23(20,21)14-7-12(17)10(6-13(14)18)11-8-22-16(19)15(11)9-4-2-3-5-9/h6-7,9H,2-5,8H2,1H3. The zero-order chi connectivity index (χ0) is 16.8. The average Bonchev–Trinajstić information content (AvgIpc) is 3.08. The van der Waals surface area contributed by atoms with Crippen LogP contribution in [0, 0.1) is 17.6 Å². The second-order valence-electron chi connectivity index (χ2n) is 5.98. The topological polar surface area (TPSA) is 60.4 Å². The Morgan fingerprint density at radius 2 is 1.78 bits per heavy atom. The van der Waals surface area contributed by atoms with E-state index in [0.717, 1.165) is 38.0 Å². The van der Waals surface area contributed by atoms with Crippen molar-refractivity contribution in [2.75, 3.05) is 12.9 Å². The molecule has 0 amide bonds. The molecule has 0 bridgehead atoms. The third kappa shape index (κ3) is 2.89. The van der Waals surface area contributed by atoms with Gasteiger partial charge >= 0.3 is 5.97 Å². The van der Waals surface area contributed by atoms with Crippen molar-refractivity contribution in [3.63, 3.8) is 0 Å². The van der Waals surface area contributed by atoms with Gasteiger partial charge in [0.05, 0.1) is 0 Å². The quantitative estimate of drug-likeness (QED) is 0.793. The van der Waals surface area contributed by atoms with E-state index in [2.05, 4.69) is 0 Å². The van der Waals surface area contributed by atoms with Gasteiger partial charge < -0.3 is 4.74 Å². The molecule has 2 aliphatic rings. The van der Waals surface area contributed by atoms with E-state index >= 15 is 0 Å². The Hall–Kier alpha value is -1.76. The van der Waals surface area contributed by atoms with E-state index in [9.17, 15) is 22.0 Å². The number of carbonyl (C=O) groups is 1. The molecule has 1 aromatic carbocycles. The van der Waals surface area contributed by atoms with Crippen LogP contribution in [-0.2, 0) is 19.4 Å². The molecular weight excluding hydrogens is 326 g/mol. The minimum absolute atomic E-state index is 0.00274. The Kier molecular flexibility index (Phi) is 4.00. The predicted molar refractivity (Wildman–Crippen MR) is 79.3 cm³/mol. The molecule has 1 aliphatic carbocycles. The third-order valence-corrected chi connectivity index (χ3v) is 5.51. The van der Waals surface area contributed by atoms with Crippen molar-refractivity contribution in [1.82, 2.24) is 0 Å². The number of rotatable bonds is 3. The van der Waals surface area contributed by atoms with Crippen molar-refractivity contribution in [3.05, 3.63) is 34.9 Å². The first kappa shape index (κ1) is 16.1. The van der Waals surface area contributed by atoms with Crippen molar-refractivity contribution >= 4 is 21.4 Å². The lowest BCUT2D eigenvalue weighted by molar-refractivity contribution is -0.136. The Balaban J connectivity index is 2.14. The number of cyclic esters (lactones) is 1. The molecule has 1 fully saturated rings. The van der Waals surface area contributed by atoms with Crippen LogP contribution in [0.15, 0.2) is 22.6 Å². The molecule has 23 heavy (non-hydrogen) atoms. The first-order valence-corrected chi connectivity index (χ1v) is 9.28. The van der Waals surface area contributed by atoms with Gasteiger partial charge in [-0.1, -0.05) is 12.8 Å². The first-order valence-electron chi connectivity index (χ1n) is 7.38. The summed E-state index contributed by atoms with van der Waals surface area (Å²) < 4.78 is 56.4. The van der Waals surface area contributed by atoms with Crippen LogP contribution in [0.5, 0.6) is 0 Å². The summed E-state index contributed by atoms with van der Waals surface area (Å²) in [6.45, 7) is -0.112. The van der Waals surface area contributed by atoms with Crippen molar-refractivity contribution < 1.29 is 26.7 Å². The zero-order valence-corrected chi connectivity index (χ0v) is 13.4. The molecule has 3 rings (SSSR count). The molecule has 1 saturated carbocycles. The number of esters is 1. The second-order valence-corrected chi connectivity index (χ2v) is 7.97. The lowest BCUT2D eigenvalue weighted by Gasteiger charge is -2.12. The molecule has 0 N–H and O–H groups in total. The van der Waals surface area contributed by atoms with Crippen molar-refractivity contribution in [2.45, 2.75) is 30.6 Å². The van der Waals surface area contributed by atoms with Gasteiger partial charge in [0.15, 0.2) is 9.84 Å². The van der Waals surface area contributed by atoms with Crippen LogP contribution < -0.4 is 0 Å². The molecule has 0 aromatic heterocycles. The molecule has 4 nitrogen and oxygen atoms in total. The molecule has 1 heterocycles. The lowest BCUT2D eigenvalue weighted by atomic mass is 9.91. The zero-order valence-electron chi connectivity index (χ0n) is 12.6. The van der Waals surface area contributed by atoms with Crippen LogP contribution in [-0.4, -0.2) is 27.2 Å². The van der Waals surface area contributed by atoms with Crippen LogP contribution >= 0.6 is 0 Å². The fourth-order valence-corrected chi connectivity index (χ4v) is 4.04. The Morgan fingerprint density at radius 1 is 1.13 bits per heavy atom. The Labute approximate surface area is 133 Å². The summed E-state index contributed by atoms with van der Waals surface area (Å²) in [6, 6.07) is 1.51. The van der Waals surface area contributed by atoms with Crippen LogP contribution in [0.2, 0.25) is 0 Å². The number of hydrogen-bond donors (Lipinski definition) is 0. The maximum atomic E-state index is 14.4. The highest BCUT2D eigenvalue weighted by Gasteiger charge is 2.35. The van der Waals surface area contributed by atoms with Gasteiger partial charge in [-0.15, -0.1) is 0 Å². The summed E-state index contributed by atoms with van der Waals surface area (Å²) in [5, 5.41) is 0. The molecule has 0 atom stereocenters. The minimum Gasteiger partial charge on any atom is -0.457 e. The Morgan fingerprint density at radius 3 is 2.39 bits per heavy atom. The molecule has 0 unspecified atom stereocenters. The minimum atomic E-state index is -3.87. The van der Waals surface area contributed by atoms with Crippen molar-refractivity contribution in [2.24, 2.45) is 5.92 Å². The molecule has 124 valence electrons. The summed E-state index contributed by atoms with van der Waals surface area (Å²) in [6.07, 6.45) is 4.42. The molecular formula is C16H16F2O4S. The monoisotopic (exact) mass is 342 g/mol. The second kappa shape index (κ2) is 5.70. The molecule has 1 aliphatic heterocycles. The van der Waals surface area contributed by atoms with Gasteiger partial charge in [-0.05, 0) is 30.9 Å². The van der Waals surface area contributed by atoms with Crippen LogP contribution in [0.1, 0.15) is 31.2 Å². The maximum absolute atomic E-state index is 14.4. The fraction of sp³-hybridized carbons (Fsp3) is 0.438. The van der Waals surface area contributed by atoms with E-state index in [1.807, 2.05) is 0 Å². The van der Waals surface area contributed by atoms with Gasteiger partial charge in [-0.25, -0.2) is 22.0 Å². The highest BCUT2D eigenvalue weighted by atomic mass is 32.2. The van der Waals surface area contributed by atoms with E-state index < -0.39 is 32.3 Å². The van der Waals surface area contributed by atoms with Gasteiger partial charge in [0, 0.05) is 23.0 Å². The largest absolute Gasteiger partial charge is 0.457 e. The fourth-order valence-electron chi connectivity index (χ4n) is 3.31. The number of hydrogen-bond acceptors (Lipinski definition) is 4. The van der Waals surface area contributed by atoms with E-state index in [4.69, 9.17) is 4.74 Å². The van der Waals surface area contributed by atoms with Crippen molar-refractivity contribution in [1.29, 1.82) is 0 Å². The molecule has 0 spiro atoms. The summed E-state index contributed by atoms with van der Waals surface area (Å²) in [5.41, 5.74) is 0.647. The van der Waals surface area contributed by atoms with E-state index in [1.54, 1.807) is 0 Å². The number of halogens is 2. The first-order chi connectivity index (χ1) is 10.8. The van der Waals surface area contributed by atoms with E-state index in [-0.39, 0.29) is 18.1 Å². The average molecular weight is 342 g/mol. The van der Waals surface area contributed by atoms with Gasteiger partial charge in [0.2, 0.25) is 0 Å². The molecule has 1 aromatic rings. The molecule has 7 heteroatoms. The normalized spacial score (nSPS) is 19.5. The van der Waals surface area contributed by atoms with Crippen LogP contribution in [0.25, 0.3) is 5.57 Å². The smallest absolute Gasteiger partial charge is 0.335 e. The van der Waals surface area contributed by atoms with Gasteiger partial charge in [0.25, 0.3) is 0 Å². The predicted octanol–water partition coefficient (Wildman–Crippen LogP) is 2.87. The molecule has 0 radical (unpaired) electrons. The van der Waals surface area contributed by atoms with Crippen LogP contribution in [0.3, 0.4) is 0 Å². The number of carbonyl (C=O) groups excluding carboxylic acids is 1. The lowest BCUT2D eigenvalue weighted by Crippen LogP contribution is -2.09. The Bertz CT molecular complexity index is 806. The summed E-state index contributed by atoms with van der Waals surface area (Å²) in [5.74, 6) is -2.38. The van der Waals surface area contributed by atoms with Crippen molar-refractivity contribution in [3.8, 4) is 0 Å². The SMILES string of the molecule is CS(=O)(=O)c1cc(F)c(C2=C(C3CCCC3)C(=O)OC2)cc1F. The van der Waals surface area contributed by atoms with Gasteiger partial charge in [-0.3, -0.25) is 0 Å². The van der Waals surface area contributed by atoms with Gasteiger partial charge in [0.1, 0.15) is 23.1 Å². The highest BCUT2D eigenvalue weighted by molar-refractivity contribution is 7.90. The number of benzene rings is 1. The maximum Gasteiger partial charge on any atom is 0.335 e. The number of sulfone groups is 1. The molecule has 0 saturated heterocycles. The van der Waals surface area contributed by atoms with E-state index in [0.29, 0.717) is 17.2 Å². The number of ether oxygens (including phenoxy) is 1. The van der Waals surface area contributed by atoms with Gasteiger partial charge in [-0.2, -0.15) is 0 Å². The third-order valence-electron chi connectivity index (χ3n) is 4.40. The summed E-state index contributed by atoms with van der Waals surface area (Å²) >= 11 is 0. The van der Waals surface area contributed by atoms with E-state index in [1.165, 1.54) is 0 Å². The summed E-state index contributed by atoms with van der Waals surface area (Å²) in [7, 11) is -3.87. The highest BCUT2D eigenvalue weighted by Crippen LogP contribution is 2.40. The summed E-state index contributed by atoms with van der Waals surface area (Å²) in [4.78, 5) is 11.3.